The van der Waals surface area contributed by atoms with Crippen molar-refractivity contribution in [3.63, 3.8) is 0 Å². The molecular formula is C13H18F3NOS. The number of hydrogen-bond acceptors (Lipinski definition) is 3. The predicted octanol–water partition coefficient (Wildman–Crippen LogP) is 2.87. The van der Waals surface area contributed by atoms with Gasteiger partial charge in [-0.15, -0.1) is 0 Å². The number of hydrogen-bond donors (Lipinski definition) is 2. The fourth-order valence-electron chi connectivity index (χ4n) is 1.86. The summed E-state index contributed by atoms with van der Waals surface area (Å²) in [7, 11) is 0. The number of aliphatic hydroxyl groups is 1. The van der Waals surface area contributed by atoms with E-state index in [2.05, 4.69) is 5.32 Å². The minimum atomic E-state index is -1.46. The van der Waals surface area contributed by atoms with E-state index in [-0.39, 0.29) is 23.9 Å². The topological polar surface area (TPSA) is 32.3 Å². The Kier molecular flexibility index (Phi) is 6.16. The summed E-state index contributed by atoms with van der Waals surface area (Å²) in [4.78, 5) is 0. The van der Waals surface area contributed by atoms with Gasteiger partial charge in [0.15, 0.2) is 17.5 Å². The van der Waals surface area contributed by atoms with E-state index in [0.717, 1.165) is 12.1 Å². The molecule has 1 aromatic rings. The van der Waals surface area contributed by atoms with E-state index in [1.54, 1.807) is 6.92 Å². The zero-order valence-electron chi connectivity index (χ0n) is 11.1. The highest BCUT2D eigenvalue weighted by molar-refractivity contribution is 7.99. The van der Waals surface area contributed by atoms with Crippen LogP contribution in [0.5, 0.6) is 0 Å². The Labute approximate surface area is 115 Å². The molecule has 2 nitrogen and oxygen atoms in total. The highest BCUT2D eigenvalue weighted by Crippen LogP contribution is 2.21. The second kappa shape index (κ2) is 7.17. The molecule has 0 aliphatic heterocycles. The number of halogens is 3. The van der Waals surface area contributed by atoms with E-state index in [4.69, 9.17) is 0 Å². The summed E-state index contributed by atoms with van der Waals surface area (Å²) < 4.78 is 39.2. The van der Waals surface area contributed by atoms with Gasteiger partial charge in [0.1, 0.15) is 0 Å². The van der Waals surface area contributed by atoms with Crippen molar-refractivity contribution >= 4 is 11.8 Å². The van der Waals surface area contributed by atoms with Crippen LogP contribution < -0.4 is 5.32 Å². The Morgan fingerprint density at radius 3 is 2.16 bits per heavy atom. The van der Waals surface area contributed by atoms with Crippen molar-refractivity contribution in [2.75, 3.05) is 12.9 Å². The van der Waals surface area contributed by atoms with Crippen molar-refractivity contribution in [2.45, 2.75) is 31.2 Å². The van der Waals surface area contributed by atoms with E-state index < -0.39 is 17.5 Å². The maximum Gasteiger partial charge on any atom is 0.194 e. The van der Waals surface area contributed by atoms with Crippen molar-refractivity contribution in [3.8, 4) is 0 Å². The van der Waals surface area contributed by atoms with E-state index in [0.29, 0.717) is 5.56 Å². The molecule has 3 atom stereocenters. The molecule has 0 aliphatic rings. The fourth-order valence-corrected chi connectivity index (χ4v) is 2.50. The zero-order chi connectivity index (χ0) is 14.6. The molecule has 0 bridgehead atoms. The van der Waals surface area contributed by atoms with Crippen molar-refractivity contribution in [2.24, 2.45) is 0 Å². The molecule has 1 aromatic carbocycles. The molecule has 0 saturated carbocycles. The van der Waals surface area contributed by atoms with Crippen LogP contribution >= 0.6 is 11.8 Å². The Hall–Kier alpha value is -0.720. The summed E-state index contributed by atoms with van der Waals surface area (Å²) in [5.41, 5.74) is 0.334. The van der Waals surface area contributed by atoms with Crippen molar-refractivity contribution < 1.29 is 18.3 Å². The number of rotatable bonds is 6. The van der Waals surface area contributed by atoms with Gasteiger partial charge in [0.05, 0.1) is 6.61 Å². The van der Waals surface area contributed by atoms with Crippen molar-refractivity contribution in [1.29, 1.82) is 0 Å². The lowest BCUT2D eigenvalue weighted by molar-refractivity contribution is 0.271. The second-order valence-electron chi connectivity index (χ2n) is 4.43. The average molecular weight is 293 g/mol. The molecule has 0 aromatic heterocycles. The third kappa shape index (κ3) is 4.12. The number of benzene rings is 1. The molecule has 0 aliphatic carbocycles. The first-order valence-corrected chi connectivity index (χ1v) is 7.23. The van der Waals surface area contributed by atoms with Gasteiger partial charge >= 0.3 is 0 Å². The normalized spacial score (nSPS) is 16.2. The highest BCUT2D eigenvalue weighted by atomic mass is 32.2. The smallest absolute Gasteiger partial charge is 0.194 e. The third-order valence-corrected chi connectivity index (χ3v) is 4.22. The van der Waals surface area contributed by atoms with Crippen LogP contribution in [0.2, 0.25) is 0 Å². The van der Waals surface area contributed by atoms with Gasteiger partial charge in [-0.25, -0.2) is 13.2 Å². The first kappa shape index (κ1) is 16.3. The van der Waals surface area contributed by atoms with Crippen LogP contribution in [0.1, 0.15) is 25.5 Å². The molecule has 3 unspecified atom stereocenters. The van der Waals surface area contributed by atoms with Gasteiger partial charge in [0.25, 0.3) is 0 Å². The minimum Gasteiger partial charge on any atom is -0.395 e. The number of thioether (sulfide) groups is 1. The van der Waals surface area contributed by atoms with Crippen LogP contribution in [0, 0.1) is 17.5 Å². The molecule has 0 radical (unpaired) electrons. The summed E-state index contributed by atoms with van der Waals surface area (Å²) in [6.45, 7) is 3.62. The molecule has 0 saturated heterocycles. The Morgan fingerprint density at radius 1 is 1.21 bits per heavy atom. The average Bonchev–Trinajstić information content (AvgIpc) is 2.36. The van der Waals surface area contributed by atoms with E-state index in [1.165, 1.54) is 11.8 Å². The molecule has 19 heavy (non-hydrogen) atoms. The molecule has 0 spiro atoms. The van der Waals surface area contributed by atoms with Crippen molar-refractivity contribution in [3.05, 3.63) is 35.1 Å². The van der Waals surface area contributed by atoms with E-state index >= 15 is 0 Å². The van der Waals surface area contributed by atoms with Crippen LogP contribution in [0.25, 0.3) is 0 Å². The summed E-state index contributed by atoms with van der Waals surface area (Å²) in [6.07, 6.45) is 1.88. The van der Waals surface area contributed by atoms with Crippen LogP contribution in [-0.4, -0.2) is 29.3 Å². The van der Waals surface area contributed by atoms with Gasteiger partial charge in [-0.05, 0) is 37.8 Å². The Bertz CT molecular complexity index is 403. The van der Waals surface area contributed by atoms with Gasteiger partial charge in [0, 0.05) is 17.3 Å². The Balaban J connectivity index is 2.81. The molecule has 0 heterocycles. The molecule has 0 fully saturated rings. The highest BCUT2D eigenvalue weighted by Gasteiger charge is 2.19. The van der Waals surface area contributed by atoms with Crippen molar-refractivity contribution in [1.82, 2.24) is 5.32 Å². The van der Waals surface area contributed by atoms with E-state index in [1.807, 2.05) is 13.2 Å². The first-order valence-electron chi connectivity index (χ1n) is 5.94. The molecule has 108 valence electrons. The van der Waals surface area contributed by atoms with Crippen LogP contribution in [0.4, 0.5) is 13.2 Å². The molecule has 2 N–H and O–H groups in total. The monoisotopic (exact) mass is 293 g/mol. The second-order valence-corrected chi connectivity index (χ2v) is 5.51. The lowest BCUT2D eigenvalue weighted by atomic mass is 10.1. The van der Waals surface area contributed by atoms with Gasteiger partial charge in [-0.2, -0.15) is 11.8 Å². The lowest BCUT2D eigenvalue weighted by Gasteiger charge is -2.25. The summed E-state index contributed by atoms with van der Waals surface area (Å²) in [6, 6.07) is 1.57. The largest absolute Gasteiger partial charge is 0.395 e. The van der Waals surface area contributed by atoms with Gasteiger partial charge in [-0.3, -0.25) is 0 Å². The lowest BCUT2D eigenvalue weighted by Crippen LogP contribution is -2.39. The van der Waals surface area contributed by atoms with E-state index in [9.17, 15) is 18.3 Å². The van der Waals surface area contributed by atoms with Crippen LogP contribution in [-0.2, 0) is 0 Å². The first-order chi connectivity index (χ1) is 8.90. The molecular weight excluding hydrogens is 275 g/mol. The van der Waals surface area contributed by atoms with Crippen LogP contribution in [0.3, 0.4) is 0 Å². The third-order valence-electron chi connectivity index (χ3n) is 3.06. The maximum absolute atomic E-state index is 13.1. The standard InChI is InChI=1S/C13H18F3NOS/c1-7(17-8(2)12(6-18)19-3)9-4-10(14)13(16)11(15)5-9/h4-5,7-8,12,17-18H,6H2,1-3H3. The zero-order valence-corrected chi connectivity index (χ0v) is 11.9. The quantitative estimate of drug-likeness (QED) is 0.791. The molecule has 6 heteroatoms. The maximum atomic E-state index is 13.1. The number of nitrogens with one attached hydrogen (secondary N) is 1. The minimum absolute atomic E-state index is 0.00813. The summed E-state index contributed by atoms with van der Waals surface area (Å²) in [5, 5.41) is 12.3. The van der Waals surface area contributed by atoms with Crippen LogP contribution in [0.15, 0.2) is 12.1 Å². The van der Waals surface area contributed by atoms with Gasteiger partial charge in [0.2, 0.25) is 0 Å². The van der Waals surface area contributed by atoms with Gasteiger partial charge in [-0.1, -0.05) is 0 Å². The summed E-state index contributed by atoms with van der Waals surface area (Å²) >= 11 is 1.50. The number of aliphatic hydroxyl groups excluding tert-OH is 1. The SMILES string of the molecule is CSC(CO)C(C)NC(C)c1cc(F)c(F)c(F)c1. The fraction of sp³-hybridized carbons (Fsp3) is 0.538. The molecule has 1 rings (SSSR count). The summed E-state index contributed by atoms with van der Waals surface area (Å²) in [5.74, 6) is -3.85. The Morgan fingerprint density at radius 2 is 1.74 bits per heavy atom. The van der Waals surface area contributed by atoms with Gasteiger partial charge < -0.3 is 10.4 Å². The predicted molar refractivity (Wildman–Crippen MR) is 71.7 cm³/mol. The molecule has 0 amide bonds.